The summed E-state index contributed by atoms with van der Waals surface area (Å²) in [6.07, 6.45) is 13.4. The van der Waals surface area contributed by atoms with Gasteiger partial charge in [-0.2, -0.15) is 0 Å². The fraction of sp³-hybridized carbons (Fsp3) is 0.556. The topological polar surface area (TPSA) is 0 Å². The van der Waals surface area contributed by atoms with Crippen molar-refractivity contribution < 1.29 is 0 Å². The number of aryl methyl sites for hydroxylation is 3. The Morgan fingerprint density at radius 3 is 1.75 bits per heavy atom. The zero-order valence-corrected chi connectivity index (χ0v) is 24.4. The molecular formula is C36H54. The van der Waals surface area contributed by atoms with Gasteiger partial charge < -0.3 is 0 Å². The molecule has 0 N–H and O–H groups in total. The van der Waals surface area contributed by atoms with E-state index in [0.29, 0.717) is 0 Å². The Hall–Kier alpha value is -2.08. The quantitative estimate of drug-likeness (QED) is 0.369. The molecule has 0 spiro atoms. The lowest BCUT2D eigenvalue weighted by molar-refractivity contribution is 0.538. The Morgan fingerprint density at radius 1 is 0.833 bits per heavy atom. The van der Waals surface area contributed by atoms with Crippen molar-refractivity contribution in [1.82, 2.24) is 0 Å². The zero-order valence-electron chi connectivity index (χ0n) is 24.4. The van der Waals surface area contributed by atoms with Crippen molar-refractivity contribution in [3.63, 3.8) is 0 Å². The second-order valence-corrected chi connectivity index (χ2v) is 11.5. The first-order valence-electron chi connectivity index (χ1n) is 14.7. The van der Waals surface area contributed by atoms with Gasteiger partial charge in [-0.15, -0.1) is 6.58 Å². The lowest BCUT2D eigenvalue weighted by Crippen LogP contribution is -1.87. The van der Waals surface area contributed by atoms with Crippen LogP contribution in [0.25, 0.3) is 0 Å². The van der Waals surface area contributed by atoms with Gasteiger partial charge in [0, 0.05) is 0 Å². The van der Waals surface area contributed by atoms with Crippen LogP contribution < -0.4 is 0 Å². The Morgan fingerprint density at radius 2 is 1.39 bits per heavy atom. The summed E-state index contributed by atoms with van der Waals surface area (Å²) in [5.74, 6) is 4.03. The summed E-state index contributed by atoms with van der Waals surface area (Å²) in [7, 11) is 0. The average Bonchev–Trinajstić information content (AvgIpc) is 3.16. The van der Waals surface area contributed by atoms with Crippen molar-refractivity contribution in [1.29, 1.82) is 0 Å². The maximum atomic E-state index is 3.95. The first kappa shape index (κ1) is 30.1. The molecule has 0 aromatic heterocycles. The van der Waals surface area contributed by atoms with Crippen LogP contribution in [0.3, 0.4) is 0 Å². The first-order chi connectivity index (χ1) is 17.3. The molecule has 2 aromatic rings. The van der Waals surface area contributed by atoms with Gasteiger partial charge in [-0.3, -0.25) is 0 Å². The van der Waals surface area contributed by atoms with E-state index in [9.17, 15) is 0 Å². The highest BCUT2D eigenvalue weighted by Crippen LogP contribution is 2.63. The molecule has 0 bridgehead atoms. The van der Waals surface area contributed by atoms with E-state index in [0.717, 1.165) is 30.1 Å². The van der Waals surface area contributed by atoms with E-state index in [1.165, 1.54) is 85.6 Å². The van der Waals surface area contributed by atoms with Gasteiger partial charge >= 0.3 is 0 Å². The van der Waals surface area contributed by atoms with Crippen molar-refractivity contribution >= 4 is 0 Å². The molecule has 0 nitrogen and oxygen atoms in total. The third kappa shape index (κ3) is 10.5. The van der Waals surface area contributed by atoms with E-state index in [2.05, 4.69) is 103 Å². The van der Waals surface area contributed by atoms with Crippen LogP contribution in [-0.4, -0.2) is 0 Å². The van der Waals surface area contributed by atoms with Gasteiger partial charge in [0.1, 0.15) is 0 Å². The third-order valence-electron chi connectivity index (χ3n) is 8.14. The van der Waals surface area contributed by atoms with E-state index in [1.807, 2.05) is 0 Å². The van der Waals surface area contributed by atoms with E-state index in [-0.39, 0.29) is 0 Å². The molecule has 36 heavy (non-hydrogen) atoms. The molecule has 3 unspecified atom stereocenters. The zero-order chi connectivity index (χ0) is 26.5. The van der Waals surface area contributed by atoms with Crippen LogP contribution >= 0.6 is 0 Å². The highest BCUT2D eigenvalue weighted by Gasteiger charge is 2.52. The van der Waals surface area contributed by atoms with Crippen LogP contribution in [0.5, 0.6) is 0 Å². The van der Waals surface area contributed by atoms with Crippen molar-refractivity contribution in [2.75, 3.05) is 0 Å². The van der Waals surface area contributed by atoms with Crippen LogP contribution in [0.1, 0.15) is 114 Å². The summed E-state index contributed by atoms with van der Waals surface area (Å²) in [5.41, 5.74) is 8.50. The minimum absolute atomic E-state index is 0.939. The summed E-state index contributed by atoms with van der Waals surface area (Å²) in [5, 5.41) is 0. The molecule has 3 aliphatic rings. The van der Waals surface area contributed by atoms with Crippen molar-refractivity contribution in [2.24, 2.45) is 17.8 Å². The molecular weight excluding hydrogens is 432 g/mol. The predicted octanol–water partition coefficient (Wildman–Crippen LogP) is 11.2. The standard InChI is InChI=1S/C13H16.C9H12.C8H14.C6H12/c1-9-5-7-10(8-6-9)13-11-3-2-4-12(11)13;1-3-9-6-4-8(2)5-7-9;1-3-8-5-4-7(2)6-8;1-4-5-6(2)3/h5-8,11-13H,2-4H2,1H3;4-7H,3H2,1-2H3;8H,2-6H2,1H3;2,4-5H2,1,3H3. The molecule has 3 saturated carbocycles. The Balaban J connectivity index is 0.000000177. The van der Waals surface area contributed by atoms with Crippen LogP contribution in [0.4, 0.5) is 0 Å². The normalized spacial score (nSPS) is 23.2. The van der Waals surface area contributed by atoms with Crippen molar-refractivity contribution in [3.05, 3.63) is 95.1 Å². The van der Waals surface area contributed by atoms with Gasteiger partial charge in [-0.05, 0) is 101 Å². The predicted molar refractivity (Wildman–Crippen MR) is 162 cm³/mol. The lowest BCUT2D eigenvalue weighted by atomic mass is 10.0. The van der Waals surface area contributed by atoms with E-state index in [4.69, 9.17) is 0 Å². The van der Waals surface area contributed by atoms with Gasteiger partial charge in [0.15, 0.2) is 0 Å². The third-order valence-corrected chi connectivity index (χ3v) is 8.14. The van der Waals surface area contributed by atoms with Crippen LogP contribution in [0.15, 0.2) is 72.8 Å². The van der Waals surface area contributed by atoms with Crippen molar-refractivity contribution in [2.45, 2.75) is 112 Å². The van der Waals surface area contributed by atoms with E-state index in [1.54, 1.807) is 5.56 Å². The van der Waals surface area contributed by atoms with E-state index >= 15 is 0 Å². The Labute approximate surface area is 224 Å². The maximum Gasteiger partial charge on any atom is -0.00995 e. The Bertz CT molecular complexity index is 888. The number of allylic oxidation sites excluding steroid dienone is 2. The van der Waals surface area contributed by atoms with Gasteiger partial charge in [0.05, 0.1) is 0 Å². The molecule has 2 aromatic carbocycles. The smallest absolute Gasteiger partial charge is 0.00995 e. The van der Waals surface area contributed by atoms with Crippen LogP contribution in [-0.2, 0) is 6.42 Å². The minimum Gasteiger partial charge on any atom is -0.100 e. The number of fused-ring (bicyclic) bond motifs is 1. The summed E-state index contributed by atoms with van der Waals surface area (Å²) in [4.78, 5) is 0. The fourth-order valence-corrected chi connectivity index (χ4v) is 5.72. The molecule has 0 radical (unpaired) electrons. The summed E-state index contributed by atoms with van der Waals surface area (Å²) in [6, 6.07) is 17.8. The maximum absolute atomic E-state index is 3.95. The molecule has 3 atom stereocenters. The molecule has 0 heteroatoms. The number of benzene rings is 2. The minimum atomic E-state index is 0.939. The summed E-state index contributed by atoms with van der Waals surface area (Å²) in [6.45, 7) is 20.6. The van der Waals surface area contributed by atoms with Gasteiger partial charge in [-0.1, -0.05) is 117 Å². The summed E-state index contributed by atoms with van der Waals surface area (Å²) >= 11 is 0. The molecule has 0 heterocycles. The second kappa shape index (κ2) is 15.9. The van der Waals surface area contributed by atoms with Gasteiger partial charge in [-0.25, -0.2) is 0 Å². The van der Waals surface area contributed by atoms with Crippen LogP contribution in [0.2, 0.25) is 0 Å². The average molecular weight is 487 g/mol. The molecule has 0 aliphatic heterocycles. The monoisotopic (exact) mass is 486 g/mol. The second-order valence-electron chi connectivity index (χ2n) is 11.5. The summed E-state index contributed by atoms with van der Waals surface area (Å²) < 4.78 is 0. The molecule has 3 fully saturated rings. The van der Waals surface area contributed by atoms with Crippen molar-refractivity contribution in [3.8, 4) is 0 Å². The molecule has 198 valence electrons. The van der Waals surface area contributed by atoms with Gasteiger partial charge in [0.25, 0.3) is 0 Å². The molecule has 5 rings (SSSR count). The lowest BCUT2D eigenvalue weighted by Gasteiger charge is -2.03. The molecule has 0 saturated heterocycles. The number of hydrogen-bond acceptors (Lipinski definition) is 0. The van der Waals surface area contributed by atoms with Crippen LogP contribution in [0, 0.1) is 31.6 Å². The number of hydrogen-bond donors (Lipinski definition) is 0. The Kier molecular flexibility index (Phi) is 13.3. The SMILES string of the molecule is C=C(C)CCC.C=C1CCC(CC)C1.CCc1ccc(C)cc1.Cc1ccc(C2C3CCCC32)cc1. The van der Waals surface area contributed by atoms with E-state index < -0.39 is 0 Å². The molecule has 3 aliphatic carbocycles. The first-order valence-corrected chi connectivity index (χ1v) is 14.7. The molecule has 0 amide bonds. The number of rotatable bonds is 5. The highest BCUT2D eigenvalue weighted by molar-refractivity contribution is 5.31. The van der Waals surface area contributed by atoms with Gasteiger partial charge in [0.2, 0.25) is 0 Å². The highest BCUT2D eigenvalue weighted by atomic mass is 14.6. The largest absolute Gasteiger partial charge is 0.100 e. The fourth-order valence-electron chi connectivity index (χ4n) is 5.72.